The van der Waals surface area contributed by atoms with E-state index in [1.54, 1.807) is 39.2 Å². The summed E-state index contributed by atoms with van der Waals surface area (Å²) in [5.74, 6) is 0.972. The van der Waals surface area contributed by atoms with Gasteiger partial charge in [-0.05, 0) is 40.5 Å². The van der Waals surface area contributed by atoms with Crippen LogP contribution in [0, 0.1) is 16.0 Å². The standard InChI is InChI=1S/C14H18BrNO4/c1-5-20-13-8-10(6-11(15)14(13)19-4)7-12(9(2)3)16(17)18/h6-9H,5H2,1-4H3/b12-7-. The SMILES string of the molecule is CCOc1cc(/C=C(/C(C)C)[N+](=O)[O-])cc(Br)c1OC. The minimum atomic E-state index is -0.358. The second kappa shape index (κ2) is 7.28. The van der Waals surface area contributed by atoms with Gasteiger partial charge in [-0.3, -0.25) is 10.1 Å². The molecule has 0 aliphatic rings. The van der Waals surface area contributed by atoms with Crippen LogP contribution in [-0.2, 0) is 0 Å². The molecule has 0 aromatic heterocycles. The van der Waals surface area contributed by atoms with Crippen LogP contribution >= 0.6 is 15.9 Å². The highest BCUT2D eigenvalue weighted by atomic mass is 79.9. The first kappa shape index (κ1) is 16.5. The zero-order chi connectivity index (χ0) is 15.3. The van der Waals surface area contributed by atoms with Gasteiger partial charge in [0.05, 0.1) is 23.1 Å². The Morgan fingerprint density at radius 2 is 2.15 bits per heavy atom. The molecule has 0 fully saturated rings. The average molecular weight is 344 g/mol. The molecule has 0 atom stereocenters. The van der Waals surface area contributed by atoms with Crippen molar-refractivity contribution in [1.29, 1.82) is 0 Å². The van der Waals surface area contributed by atoms with Crippen molar-refractivity contribution in [2.75, 3.05) is 13.7 Å². The predicted octanol–water partition coefficient (Wildman–Crippen LogP) is 4.13. The quantitative estimate of drug-likeness (QED) is 0.575. The largest absolute Gasteiger partial charge is 0.492 e. The van der Waals surface area contributed by atoms with Crippen molar-refractivity contribution in [3.05, 3.63) is 38.0 Å². The zero-order valence-electron chi connectivity index (χ0n) is 12.0. The molecule has 1 rings (SSSR count). The Hall–Kier alpha value is -1.56. The van der Waals surface area contributed by atoms with Gasteiger partial charge < -0.3 is 9.47 Å². The van der Waals surface area contributed by atoms with Crippen molar-refractivity contribution in [2.24, 2.45) is 5.92 Å². The van der Waals surface area contributed by atoms with Crippen LogP contribution in [0.1, 0.15) is 26.3 Å². The van der Waals surface area contributed by atoms with Gasteiger partial charge in [0.1, 0.15) is 0 Å². The fraction of sp³-hybridized carbons (Fsp3) is 0.429. The summed E-state index contributed by atoms with van der Waals surface area (Å²) >= 11 is 3.39. The molecule has 0 saturated carbocycles. The first-order valence-electron chi connectivity index (χ1n) is 6.27. The number of hydrogen-bond acceptors (Lipinski definition) is 4. The first-order chi connectivity index (χ1) is 9.40. The van der Waals surface area contributed by atoms with E-state index >= 15 is 0 Å². The minimum absolute atomic E-state index is 0.157. The summed E-state index contributed by atoms with van der Waals surface area (Å²) in [6.45, 7) is 5.93. The number of hydrogen-bond donors (Lipinski definition) is 0. The lowest BCUT2D eigenvalue weighted by atomic mass is 10.1. The third-order valence-corrected chi connectivity index (χ3v) is 3.24. The number of benzene rings is 1. The Labute approximate surface area is 126 Å². The summed E-state index contributed by atoms with van der Waals surface area (Å²) in [4.78, 5) is 10.7. The molecule has 0 aliphatic carbocycles. The van der Waals surface area contributed by atoms with E-state index in [2.05, 4.69) is 15.9 Å². The summed E-state index contributed by atoms with van der Waals surface area (Å²) in [5, 5.41) is 11.0. The molecule has 0 amide bonds. The van der Waals surface area contributed by atoms with Gasteiger partial charge in [-0.15, -0.1) is 0 Å². The maximum atomic E-state index is 11.0. The Kier molecular flexibility index (Phi) is 6.01. The second-order valence-corrected chi connectivity index (χ2v) is 5.30. The van der Waals surface area contributed by atoms with Gasteiger partial charge >= 0.3 is 0 Å². The Bertz CT molecular complexity index is 526. The third kappa shape index (κ3) is 3.96. The molecule has 0 N–H and O–H groups in total. The summed E-state index contributed by atoms with van der Waals surface area (Å²) in [6, 6.07) is 3.51. The molecule has 0 radical (unpaired) electrons. The summed E-state index contributed by atoms with van der Waals surface area (Å²) in [5.41, 5.74) is 0.853. The lowest BCUT2D eigenvalue weighted by Gasteiger charge is -2.12. The van der Waals surface area contributed by atoms with E-state index in [9.17, 15) is 10.1 Å². The normalized spacial score (nSPS) is 11.6. The Balaban J connectivity index is 3.32. The van der Waals surface area contributed by atoms with Crippen LogP contribution < -0.4 is 9.47 Å². The number of nitrogens with zero attached hydrogens (tertiary/aromatic N) is 1. The van der Waals surface area contributed by atoms with Crippen LogP contribution in [0.3, 0.4) is 0 Å². The number of halogens is 1. The monoisotopic (exact) mass is 343 g/mol. The van der Waals surface area contributed by atoms with Crippen molar-refractivity contribution in [2.45, 2.75) is 20.8 Å². The number of ether oxygens (including phenoxy) is 2. The van der Waals surface area contributed by atoms with Crippen LogP contribution in [0.15, 0.2) is 22.3 Å². The average Bonchev–Trinajstić information content (AvgIpc) is 2.35. The van der Waals surface area contributed by atoms with E-state index in [1.807, 2.05) is 6.92 Å². The molecule has 5 nitrogen and oxygen atoms in total. The van der Waals surface area contributed by atoms with Gasteiger partial charge in [0.2, 0.25) is 5.70 Å². The van der Waals surface area contributed by atoms with E-state index in [0.29, 0.717) is 28.1 Å². The van der Waals surface area contributed by atoms with Gasteiger partial charge in [0.25, 0.3) is 0 Å². The molecule has 6 heteroatoms. The van der Waals surface area contributed by atoms with Gasteiger partial charge in [0, 0.05) is 12.0 Å². The van der Waals surface area contributed by atoms with Crippen molar-refractivity contribution >= 4 is 22.0 Å². The maximum absolute atomic E-state index is 11.0. The van der Waals surface area contributed by atoms with Crippen molar-refractivity contribution < 1.29 is 14.4 Å². The molecule has 0 saturated heterocycles. The van der Waals surface area contributed by atoms with Crippen molar-refractivity contribution in [3.63, 3.8) is 0 Å². The molecule has 1 aromatic carbocycles. The predicted molar refractivity (Wildman–Crippen MR) is 81.7 cm³/mol. The number of rotatable bonds is 6. The number of methoxy groups -OCH3 is 1. The highest BCUT2D eigenvalue weighted by Crippen LogP contribution is 2.37. The highest BCUT2D eigenvalue weighted by Gasteiger charge is 2.17. The first-order valence-corrected chi connectivity index (χ1v) is 7.06. The van der Waals surface area contributed by atoms with Gasteiger partial charge in [-0.1, -0.05) is 13.8 Å². The summed E-state index contributed by atoms with van der Waals surface area (Å²) in [6.07, 6.45) is 1.55. The lowest BCUT2D eigenvalue weighted by molar-refractivity contribution is -0.431. The van der Waals surface area contributed by atoms with Gasteiger partial charge in [-0.2, -0.15) is 0 Å². The van der Waals surface area contributed by atoms with Gasteiger partial charge in [0.15, 0.2) is 11.5 Å². The topological polar surface area (TPSA) is 61.6 Å². The van der Waals surface area contributed by atoms with Crippen LogP contribution in [0.5, 0.6) is 11.5 Å². The van der Waals surface area contributed by atoms with E-state index in [4.69, 9.17) is 9.47 Å². The molecule has 20 heavy (non-hydrogen) atoms. The minimum Gasteiger partial charge on any atom is -0.492 e. The van der Waals surface area contributed by atoms with E-state index < -0.39 is 0 Å². The van der Waals surface area contributed by atoms with Gasteiger partial charge in [-0.25, -0.2) is 0 Å². The fourth-order valence-corrected chi connectivity index (χ4v) is 2.35. The fourth-order valence-electron chi connectivity index (χ4n) is 1.73. The molecule has 0 spiro atoms. The molecular formula is C14H18BrNO4. The maximum Gasteiger partial charge on any atom is 0.249 e. The molecular weight excluding hydrogens is 326 g/mol. The van der Waals surface area contributed by atoms with Crippen LogP contribution in [-0.4, -0.2) is 18.6 Å². The number of allylic oxidation sites excluding steroid dienone is 1. The van der Waals surface area contributed by atoms with Crippen LogP contribution in [0.4, 0.5) is 0 Å². The van der Waals surface area contributed by atoms with Crippen LogP contribution in [0.25, 0.3) is 6.08 Å². The molecule has 0 unspecified atom stereocenters. The highest BCUT2D eigenvalue weighted by molar-refractivity contribution is 9.10. The zero-order valence-corrected chi connectivity index (χ0v) is 13.6. The van der Waals surface area contributed by atoms with E-state index in [1.165, 1.54) is 0 Å². The van der Waals surface area contributed by atoms with Crippen molar-refractivity contribution in [1.82, 2.24) is 0 Å². The lowest BCUT2D eigenvalue weighted by Crippen LogP contribution is -2.05. The second-order valence-electron chi connectivity index (χ2n) is 4.45. The Morgan fingerprint density at radius 1 is 1.50 bits per heavy atom. The smallest absolute Gasteiger partial charge is 0.249 e. The van der Waals surface area contributed by atoms with Crippen LogP contribution in [0.2, 0.25) is 0 Å². The molecule has 1 aromatic rings. The van der Waals surface area contributed by atoms with E-state index in [0.717, 1.165) is 0 Å². The van der Waals surface area contributed by atoms with E-state index in [-0.39, 0.29) is 16.5 Å². The number of nitro groups is 1. The Morgan fingerprint density at radius 3 is 2.60 bits per heavy atom. The van der Waals surface area contributed by atoms with Crippen molar-refractivity contribution in [3.8, 4) is 11.5 Å². The summed E-state index contributed by atoms with van der Waals surface area (Å²) in [7, 11) is 1.55. The molecule has 110 valence electrons. The molecule has 0 aliphatic heterocycles. The molecule has 0 heterocycles. The summed E-state index contributed by atoms with van der Waals surface area (Å²) < 4.78 is 11.5. The third-order valence-electron chi connectivity index (χ3n) is 2.65. The molecule has 0 bridgehead atoms.